The van der Waals surface area contributed by atoms with Crippen molar-refractivity contribution >= 4 is 28.6 Å². The van der Waals surface area contributed by atoms with E-state index in [0.29, 0.717) is 18.8 Å². The van der Waals surface area contributed by atoms with E-state index in [1.807, 2.05) is 30.3 Å². The fraction of sp³-hybridized carbons (Fsp3) is 0.350. The quantitative estimate of drug-likeness (QED) is 0.484. The van der Waals surface area contributed by atoms with Crippen molar-refractivity contribution in [2.75, 3.05) is 32.1 Å². The van der Waals surface area contributed by atoms with Crippen LogP contribution in [0.3, 0.4) is 0 Å². The maximum Gasteiger partial charge on any atom is 0.230 e. The summed E-state index contributed by atoms with van der Waals surface area (Å²) in [5, 5.41) is 4.67. The first-order chi connectivity index (χ1) is 13.8. The molecule has 1 saturated heterocycles. The number of benzene rings is 1. The van der Waals surface area contributed by atoms with Gasteiger partial charge in [0, 0.05) is 18.5 Å². The van der Waals surface area contributed by atoms with E-state index in [1.165, 1.54) is 11.8 Å². The third-order valence-corrected chi connectivity index (χ3v) is 5.45. The Labute approximate surface area is 167 Å². The fourth-order valence-electron chi connectivity index (χ4n) is 3.02. The fourth-order valence-corrected chi connectivity index (χ4v) is 3.89. The summed E-state index contributed by atoms with van der Waals surface area (Å²) >= 11 is 1.43. The summed E-state index contributed by atoms with van der Waals surface area (Å²) in [6.07, 6.45) is 1.60. The van der Waals surface area contributed by atoms with Gasteiger partial charge in [-0.15, -0.1) is 0 Å². The normalized spacial score (nSPS) is 15.0. The van der Waals surface area contributed by atoms with Gasteiger partial charge in [-0.3, -0.25) is 9.69 Å². The number of amides is 1. The summed E-state index contributed by atoms with van der Waals surface area (Å²) in [6.45, 7) is 4.32. The number of para-hydroxylation sites is 1. The standard InChI is InChI=1S/C20H22N4O3S/c25-19(21-12-15-4-3-9-27-15)14-28-20-16-5-1-2-6-17(16)22-18(23-20)13-24-7-10-26-11-8-24/h1-6,9H,7-8,10-14H2,(H,21,25). The molecule has 1 aliphatic rings. The van der Waals surface area contributed by atoms with Crippen molar-refractivity contribution in [1.82, 2.24) is 20.2 Å². The molecule has 1 fully saturated rings. The molecule has 3 aromatic rings. The lowest BCUT2D eigenvalue weighted by Crippen LogP contribution is -2.36. The smallest absolute Gasteiger partial charge is 0.230 e. The molecule has 1 N–H and O–H groups in total. The van der Waals surface area contributed by atoms with Crippen LogP contribution in [0.25, 0.3) is 10.9 Å². The molecule has 0 atom stereocenters. The highest BCUT2D eigenvalue weighted by molar-refractivity contribution is 8.00. The number of ether oxygens (including phenoxy) is 1. The highest BCUT2D eigenvalue weighted by Crippen LogP contribution is 2.25. The van der Waals surface area contributed by atoms with E-state index in [4.69, 9.17) is 19.1 Å². The Kier molecular flexibility index (Phi) is 6.20. The van der Waals surface area contributed by atoms with Gasteiger partial charge in [0.2, 0.25) is 5.91 Å². The summed E-state index contributed by atoms with van der Waals surface area (Å²) in [4.78, 5) is 24.0. The van der Waals surface area contributed by atoms with Gasteiger partial charge in [0.05, 0.1) is 43.8 Å². The number of morpholine rings is 1. The average molecular weight is 398 g/mol. The number of carbonyl (C=O) groups excluding carboxylic acids is 1. The van der Waals surface area contributed by atoms with Crippen molar-refractivity contribution < 1.29 is 13.9 Å². The molecule has 0 radical (unpaired) electrons. The second kappa shape index (κ2) is 9.18. The molecule has 0 saturated carbocycles. The Balaban J connectivity index is 1.44. The molecule has 0 unspecified atom stereocenters. The highest BCUT2D eigenvalue weighted by Gasteiger charge is 2.15. The van der Waals surface area contributed by atoms with Gasteiger partial charge in [0.25, 0.3) is 0 Å². The summed E-state index contributed by atoms with van der Waals surface area (Å²) < 4.78 is 10.6. The van der Waals surface area contributed by atoms with Gasteiger partial charge >= 0.3 is 0 Å². The second-order valence-electron chi connectivity index (χ2n) is 6.50. The molecule has 7 nitrogen and oxygen atoms in total. The van der Waals surface area contributed by atoms with Gasteiger partial charge in [-0.05, 0) is 18.2 Å². The molecule has 1 aromatic carbocycles. The summed E-state index contributed by atoms with van der Waals surface area (Å²) in [7, 11) is 0. The van der Waals surface area contributed by atoms with Crippen LogP contribution in [0.5, 0.6) is 0 Å². The van der Waals surface area contributed by atoms with Crippen molar-refractivity contribution in [3.63, 3.8) is 0 Å². The lowest BCUT2D eigenvalue weighted by atomic mass is 10.2. The van der Waals surface area contributed by atoms with Gasteiger partial charge in [0.1, 0.15) is 16.6 Å². The molecule has 2 aromatic heterocycles. The molecule has 0 bridgehead atoms. The third-order valence-electron chi connectivity index (χ3n) is 4.46. The van der Waals surface area contributed by atoms with Crippen LogP contribution in [0.1, 0.15) is 11.6 Å². The van der Waals surface area contributed by atoms with E-state index in [-0.39, 0.29) is 5.91 Å². The van der Waals surface area contributed by atoms with Crippen LogP contribution in [-0.4, -0.2) is 52.8 Å². The van der Waals surface area contributed by atoms with Crippen molar-refractivity contribution in [3.8, 4) is 0 Å². The first-order valence-electron chi connectivity index (χ1n) is 9.25. The number of nitrogens with one attached hydrogen (secondary N) is 1. The molecule has 146 valence electrons. The minimum atomic E-state index is -0.0566. The molecular weight excluding hydrogens is 376 g/mol. The Hall–Kier alpha value is -2.42. The van der Waals surface area contributed by atoms with Crippen LogP contribution < -0.4 is 5.32 Å². The second-order valence-corrected chi connectivity index (χ2v) is 7.46. The van der Waals surface area contributed by atoms with Crippen molar-refractivity contribution in [1.29, 1.82) is 0 Å². The zero-order valence-corrected chi connectivity index (χ0v) is 16.3. The van der Waals surface area contributed by atoms with Crippen LogP contribution in [0, 0.1) is 0 Å². The van der Waals surface area contributed by atoms with Crippen LogP contribution in [0.15, 0.2) is 52.1 Å². The Bertz CT molecular complexity index is 926. The third kappa shape index (κ3) is 4.89. The average Bonchev–Trinajstić information content (AvgIpc) is 3.25. The number of hydrogen-bond donors (Lipinski definition) is 1. The predicted octanol–water partition coefficient (Wildman–Crippen LogP) is 2.46. The number of thioether (sulfide) groups is 1. The maximum absolute atomic E-state index is 12.2. The first kappa shape index (κ1) is 18.9. The number of furan rings is 1. The van der Waals surface area contributed by atoms with Crippen molar-refractivity contribution in [3.05, 3.63) is 54.2 Å². The minimum absolute atomic E-state index is 0.0566. The zero-order valence-electron chi connectivity index (χ0n) is 15.5. The van der Waals surface area contributed by atoms with Gasteiger partial charge in [-0.1, -0.05) is 30.0 Å². The minimum Gasteiger partial charge on any atom is -0.467 e. The molecule has 1 aliphatic heterocycles. The predicted molar refractivity (Wildman–Crippen MR) is 107 cm³/mol. The van der Waals surface area contributed by atoms with Crippen molar-refractivity contribution in [2.45, 2.75) is 18.1 Å². The van der Waals surface area contributed by atoms with E-state index in [0.717, 1.165) is 53.8 Å². The van der Waals surface area contributed by atoms with E-state index >= 15 is 0 Å². The molecule has 28 heavy (non-hydrogen) atoms. The number of fused-ring (bicyclic) bond motifs is 1. The SMILES string of the molecule is O=C(CSc1nc(CN2CCOCC2)nc2ccccc12)NCc1ccco1. The molecule has 0 spiro atoms. The van der Waals surface area contributed by atoms with Gasteiger partial charge < -0.3 is 14.5 Å². The van der Waals surface area contributed by atoms with Crippen molar-refractivity contribution in [2.24, 2.45) is 0 Å². The summed E-state index contributed by atoms with van der Waals surface area (Å²) in [6, 6.07) is 11.6. The van der Waals surface area contributed by atoms with E-state index in [1.54, 1.807) is 12.3 Å². The van der Waals surface area contributed by atoms with Crippen LogP contribution >= 0.6 is 11.8 Å². The topological polar surface area (TPSA) is 80.5 Å². The molecule has 1 amide bonds. The highest BCUT2D eigenvalue weighted by atomic mass is 32.2. The maximum atomic E-state index is 12.2. The van der Waals surface area contributed by atoms with Crippen LogP contribution in [0.4, 0.5) is 0 Å². The van der Waals surface area contributed by atoms with Gasteiger partial charge in [0.15, 0.2) is 0 Å². The Morgan fingerprint density at radius 1 is 1.14 bits per heavy atom. The summed E-state index contributed by atoms with van der Waals surface area (Å²) in [5.74, 6) is 1.75. The number of nitrogens with zero attached hydrogens (tertiary/aromatic N) is 3. The van der Waals surface area contributed by atoms with E-state index < -0.39 is 0 Å². The number of hydrogen-bond acceptors (Lipinski definition) is 7. The van der Waals surface area contributed by atoms with E-state index in [2.05, 4.69) is 10.2 Å². The Morgan fingerprint density at radius 3 is 2.82 bits per heavy atom. The molecule has 4 rings (SSSR count). The summed E-state index contributed by atoms with van der Waals surface area (Å²) in [5.41, 5.74) is 0.902. The first-order valence-corrected chi connectivity index (χ1v) is 10.2. The van der Waals surface area contributed by atoms with Crippen LogP contribution in [0.2, 0.25) is 0 Å². The number of carbonyl (C=O) groups is 1. The zero-order chi connectivity index (χ0) is 19.2. The lowest BCUT2D eigenvalue weighted by molar-refractivity contribution is -0.118. The van der Waals surface area contributed by atoms with Gasteiger partial charge in [-0.25, -0.2) is 9.97 Å². The Morgan fingerprint density at radius 2 is 2.00 bits per heavy atom. The number of rotatable bonds is 7. The monoisotopic (exact) mass is 398 g/mol. The molecule has 8 heteroatoms. The number of aromatic nitrogens is 2. The molecule has 0 aliphatic carbocycles. The largest absolute Gasteiger partial charge is 0.467 e. The van der Waals surface area contributed by atoms with Gasteiger partial charge in [-0.2, -0.15) is 0 Å². The molecule has 3 heterocycles. The molecular formula is C20H22N4O3S. The van der Waals surface area contributed by atoms with Crippen LogP contribution in [-0.2, 0) is 22.6 Å². The van der Waals surface area contributed by atoms with E-state index in [9.17, 15) is 4.79 Å². The lowest BCUT2D eigenvalue weighted by Gasteiger charge is -2.25.